The Morgan fingerprint density at radius 2 is 2.29 bits per heavy atom. The summed E-state index contributed by atoms with van der Waals surface area (Å²) in [7, 11) is 1.89. The smallest absolute Gasteiger partial charge is 0.0623 e. The van der Waals surface area contributed by atoms with Crippen molar-refractivity contribution in [3.63, 3.8) is 0 Å². The van der Waals surface area contributed by atoms with E-state index in [0.717, 1.165) is 0 Å². The van der Waals surface area contributed by atoms with Crippen LogP contribution >= 0.6 is 11.8 Å². The van der Waals surface area contributed by atoms with Gasteiger partial charge in [0.2, 0.25) is 0 Å². The predicted octanol–water partition coefficient (Wildman–Crippen LogP) is 1.31. The summed E-state index contributed by atoms with van der Waals surface area (Å²) in [6, 6.07) is 0.105. The van der Waals surface area contributed by atoms with Crippen LogP contribution in [0.15, 0.2) is 35.3 Å². The van der Waals surface area contributed by atoms with E-state index >= 15 is 0 Å². The average molecular weight is 209 g/mol. The van der Waals surface area contributed by atoms with Gasteiger partial charge in [-0.05, 0) is 18.0 Å². The Kier molecular flexibility index (Phi) is 3.11. The summed E-state index contributed by atoms with van der Waals surface area (Å²) in [5, 5.41) is 15.1. The second kappa shape index (κ2) is 4.34. The minimum absolute atomic E-state index is 0.105. The topological polar surface area (TPSA) is 32.3 Å². The van der Waals surface area contributed by atoms with Crippen LogP contribution in [0.25, 0.3) is 0 Å². The summed E-state index contributed by atoms with van der Waals surface area (Å²) in [4.78, 5) is 0. The SMILES string of the molecule is CNC(CO)C1=CSC2C=CC=CC12. The third-order valence-electron chi connectivity index (χ3n) is 2.76. The largest absolute Gasteiger partial charge is 0.394 e. The first-order chi connectivity index (χ1) is 6.86. The fourth-order valence-electron chi connectivity index (χ4n) is 1.93. The fraction of sp³-hybridized carbons (Fsp3) is 0.455. The number of fused-ring (bicyclic) bond motifs is 1. The molecule has 2 rings (SSSR count). The lowest BCUT2D eigenvalue weighted by molar-refractivity contribution is 0.260. The molecule has 0 aromatic rings. The van der Waals surface area contributed by atoms with Crippen LogP contribution in [0.1, 0.15) is 0 Å². The van der Waals surface area contributed by atoms with Crippen molar-refractivity contribution >= 4 is 11.8 Å². The number of thioether (sulfide) groups is 1. The van der Waals surface area contributed by atoms with Gasteiger partial charge in [0.1, 0.15) is 0 Å². The Morgan fingerprint density at radius 3 is 3.00 bits per heavy atom. The molecule has 76 valence electrons. The minimum atomic E-state index is 0.105. The first kappa shape index (κ1) is 10.0. The summed E-state index contributed by atoms with van der Waals surface area (Å²) >= 11 is 1.84. The molecule has 0 aromatic carbocycles. The summed E-state index contributed by atoms with van der Waals surface area (Å²) < 4.78 is 0. The van der Waals surface area contributed by atoms with Gasteiger partial charge >= 0.3 is 0 Å². The highest BCUT2D eigenvalue weighted by Crippen LogP contribution is 2.40. The Hall–Kier alpha value is -0.510. The molecule has 2 nitrogen and oxygen atoms in total. The van der Waals surface area contributed by atoms with Gasteiger partial charge in [0.15, 0.2) is 0 Å². The van der Waals surface area contributed by atoms with Gasteiger partial charge in [-0.25, -0.2) is 0 Å². The lowest BCUT2D eigenvalue weighted by Crippen LogP contribution is -2.34. The van der Waals surface area contributed by atoms with E-state index in [0.29, 0.717) is 11.2 Å². The van der Waals surface area contributed by atoms with Crippen LogP contribution in [-0.4, -0.2) is 30.1 Å². The van der Waals surface area contributed by atoms with Crippen molar-refractivity contribution in [2.24, 2.45) is 5.92 Å². The van der Waals surface area contributed by atoms with E-state index < -0.39 is 0 Å². The van der Waals surface area contributed by atoms with Gasteiger partial charge in [0.25, 0.3) is 0 Å². The lowest BCUT2D eigenvalue weighted by Gasteiger charge is -2.23. The molecule has 0 spiro atoms. The van der Waals surface area contributed by atoms with E-state index in [4.69, 9.17) is 0 Å². The molecule has 0 bridgehead atoms. The van der Waals surface area contributed by atoms with E-state index in [2.05, 4.69) is 35.0 Å². The van der Waals surface area contributed by atoms with Crippen LogP contribution in [0.5, 0.6) is 0 Å². The summed E-state index contributed by atoms with van der Waals surface area (Å²) in [5.74, 6) is 0.467. The molecule has 1 aliphatic heterocycles. The highest BCUT2D eigenvalue weighted by atomic mass is 32.2. The van der Waals surface area contributed by atoms with Gasteiger partial charge < -0.3 is 10.4 Å². The Morgan fingerprint density at radius 1 is 1.50 bits per heavy atom. The third-order valence-corrected chi connectivity index (χ3v) is 3.94. The summed E-state index contributed by atoms with van der Waals surface area (Å²) in [5.41, 5.74) is 1.31. The second-order valence-corrected chi connectivity index (χ2v) is 4.59. The molecule has 14 heavy (non-hydrogen) atoms. The van der Waals surface area contributed by atoms with E-state index in [1.807, 2.05) is 18.8 Å². The molecule has 0 saturated heterocycles. The molecule has 2 aliphatic rings. The van der Waals surface area contributed by atoms with Crippen molar-refractivity contribution < 1.29 is 5.11 Å². The number of aliphatic hydroxyl groups is 1. The van der Waals surface area contributed by atoms with E-state index in [-0.39, 0.29) is 12.6 Å². The number of hydrogen-bond acceptors (Lipinski definition) is 3. The zero-order chi connectivity index (χ0) is 9.97. The number of hydrogen-bond donors (Lipinski definition) is 2. The maximum atomic E-state index is 9.22. The van der Waals surface area contributed by atoms with Gasteiger partial charge in [0.05, 0.1) is 12.6 Å². The predicted molar refractivity (Wildman–Crippen MR) is 61.2 cm³/mol. The molecule has 0 amide bonds. The van der Waals surface area contributed by atoms with Gasteiger partial charge in [-0.1, -0.05) is 24.3 Å². The van der Waals surface area contributed by atoms with Crippen LogP contribution < -0.4 is 5.32 Å². The first-order valence-electron chi connectivity index (χ1n) is 4.85. The monoisotopic (exact) mass is 209 g/mol. The normalized spacial score (nSPS) is 31.4. The van der Waals surface area contributed by atoms with Crippen LogP contribution in [0.2, 0.25) is 0 Å². The number of nitrogens with one attached hydrogen (secondary N) is 1. The summed E-state index contributed by atoms with van der Waals surface area (Å²) in [6.07, 6.45) is 8.63. The zero-order valence-corrected chi connectivity index (χ0v) is 9.00. The average Bonchev–Trinajstić information content (AvgIpc) is 2.65. The Balaban J connectivity index is 2.14. The van der Waals surface area contributed by atoms with Crippen LogP contribution in [-0.2, 0) is 0 Å². The maximum Gasteiger partial charge on any atom is 0.0623 e. The number of aliphatic hydroxyl groups excluding tert-OH is 1. The number of allylic oxidation sites excluding steroid dienone is 3. The molecule has 2 N–H and O–H groups in total. The van der Waals surface area contributed by atoms with Crippen molar-refractivity contribution in [1.82, 2.24) is 5.32 Å². The molecule has 1 aliphatic carbocycles. The van der Waals surface area contributed by atoms with Gasteiger partial charge in [-0.15, -0.1) is 11.8 Å². The van der Waals surface area contributed by atoms with E-state index in [1.165, 1.54) is 5.57 Å². The first-order valence-corrected chi connectivity index (χ1v) is 5.79. The molecule has 0 fully saturated rings. The van der Waals surface area contributed by atoms with Crippen molar-refractivity contribution in [3.8, 4) is 0 Å². The van der Waals surface area contributed by atoms with Crippen molar-refractivity contribution in [3.05, 3.63) is 35.3 Å². The fourth-order valence-corrected chi connectivity index (χ4v) is 3.17. The van der Waals surface area contributed by atoms with E-state index in [1.54, 1.807) is 0 Å². The van der Waals surface area contributed by atoms with Crippen molar-refractivity contribution in [1.29, 1.82) is 0 Å². The molecule has 3 unspecified atom stereocenters. The quantitative estimate of drug-likeness (QED) is 0.735. The molecule has 0 aromatic heterocycles. The van der Waals surface area contributed by atoms with Gasteiger partial charge in [-0.2, -0.15) is 0 Å². The molecule has 0 saturated carbocycles. The number of rotatable bonds is 3. The van der Waals surface area contributed by atoms with Gasteiger partial charge in [0, 0.05) is 11.2 Å². The van der Waals surface area contributed by atoms with Crippen molar-refractivity contribution in [2.45, 2.75) is 11.3 Å². The molecule has 3 heteroatoms. The molecule has 3 atom stereocenters. The van der Waals surface area contributed by atoms with Crippen LogP contribution in [0.3, 0.4) is 0 Å². The molecular weight excluding hydrogens is 194 g/mol. The van der Waals surface area contributed by atoms with Crippen molar-refractivity contribution in [2.75, 3.05) is 13.7 Å². The maximum absolute atomic E-state index is 9.22. The van der Waals surface area contributed by atoms with Crippen LogP contribution in [0, 0.1) is 5.92 Å². The highest BCUT2D eigenvalue weighted by Gasteiger charge is 2.31. The lowest BCUT2D eigenvalue weighted by atomic mass is 9.89. The molecular formula is C11H15NOS. The molecule has 1 heterocycles. The second-order valence-electron chi connectivity index (χ2n) is 3.54. The van der Waals surface area contributed by atoms with Gasteiger partial charge in [-0.3, -0.25) is 0 Å². The summed E-state index contributed by atoms with van der Waals surface area (Å²) in [6.45, 7) is 0.170. The highest BCUT2D eigenvalue weighted by molar-refractivity contribution is 8.03. The van der Waals surface area contributed by atoms with E-state index in [9.17, 15) is 5.11 Å². The standard InChI is InChI=1S/C11H15NOS/c1-12-10(6-13)9-7-14-11-5-3-2-4-8(9)11/h2-5,7-8,10-13H,6H2,1H3. The number of likely N-dealkylation sites (N-methyl/N-ethyl adjacent to an activating group) is 1. The Bertz CT molecular complexity index is 292. The third kappa shape index (κ3) is 1.67. The molecule has 0 radical (unpaired) electrons. The Labute approximate surface area is 88.8 Å². The zero-order valence-electron chi connectivity index (χ0n) is 8.18. The minimum Gasteiger partial charge on any atom is -0.394 e. The van der Waals surface area contributed by atoms with Crippen LogP contribution in [0.4, 0.5) is 0 Å².